The van der Waals surface area contributed by atoms with Crippen molar-refractivity contribution >= 4 is 23.5 Å². The zero-order chi connectivity index (χ0) is 15.4. The molecule has 0 aliphatic heterocycles. The number of carbonyl (C=O) groups excluding carboxylic acids is 1. The largest absolute Gasteiger partial charge is 0.373 e. The van der Waals surface area contributed by atoms with Crippen molar-refractivity contribution in [2.75, 3.05) is 18.6 Å². The van der Waals surface area contributed by atoms with Crippen molar-refractivity contribution in [1.29, 1.82) is 0 Å². The third kappa shape index (κ3) is 3.90. The molecule has 1 saturated carbocycles. The maximum absolute atomic E-state index is 12.5. The van der Waals surface area contributed by atoms with Gasteiger partial charge in [-0.05, 0) is 37.1 Å². The van der Waals surface area contributed by atoms with Crippen LogP contribution in [-0.4, -0.2) is 35.5 Å². The molecule has 4 nitrogen and oxygen atoms in total. The molecule has 2 N–H and O–H groups in total. The van der Waals surface area contributed by atoms with Crippen LogP contribution < -0.4 is 10.6 Å². The van der Waals surface area contributed by atoms with Gasteiger partial charge in [0.25, 0.3) is 5.91 Å². The van der Waals surface area contributed by atoms with E-state index in [9.17, 15) is 4.79 Å². The Morgan fingerprint density at radius 2 is 2.14 bits per heavy atom. The standard InChI is InChI=1S/C16H25N3OS/c1-10(2)13-8-11(9-15(17-3)18-13)16(20)19-12-6-5-7-14(12)21-4/h8-10,12,14H,5-7H2,1-4H3,(H,17,18)(H,19,20). The van der Waals surface area contributed by atoms with Crippen molar-refractivity contribution in [3.8, 4) is 0 Å². The van der Waals surface area contributed by atoms with Crippen LogP contribution in [0.25, 0.3) is 0 Å². The summed E-state index contributed by atoms with van der Waals surface area (Å²) in [6.45, 7) is 4.17. The topological polar surface area (TPSA) is 54.0 Å². The summed E-state index contributed by atoms with van der Waals surface area (Å²) in [4.78, 5) is 17.0. The molecule has 1 fully saturated rings. The number of nitrogens with one attached hydrogen (secondary N) is 2. The molecule has 1 aliphatic rings. The first-order valence-corrected chi connectivity index (χ1v) is 8.87. The van der Waals surface area contributed by atoms with E-state index < -0.39 is 0 Å². The monoisotopic (exact) mass is 307 g/mol. The van der Waals surface area contributed by atoms with Crippen molar-refractivity contribution in [1.82, 2.24) is 10.3 Å². The number of rotatable bonds is 5. The zero-order valence-electron chi connectivity index (χ0n) is 13.3. The maximum Gasteiger partial charge on any atom is 0.251 e. The summed E-state index contributed by atoms with van der Waals surface area (Å²) in [6, 6.07) is 4.02. The highest BCUT2D eigenvalue weighted by Crippen LogP contribution is 2.28. The van der Waals surface area contributed by atoms with E-state index in [2.05, 4.69) is 35.7 Å². The molecule has 2 unspecified atom stereocenters. The molecule has 1 amide bonds. The molecule has 2 atom stereocenters. The Morgan fingerprint density at radius 1 is 1.38 bits per heavy atom. The van der Waals surface area contributed by atoms with Gasteiger partial charge in [-0.2, -0.15) is 11.8 Å². The van der Waals surface area contributed by atoms with E-state index >= 15 is 0 Å². The number of aromatic nitrogens is 1. The van der Waals surface area contributed by atoms with Crippen molar-refractivity contribution in [2.45, 2.75) is 50.3 Å². The molecule has 0 aromatic carbocycles. The number of thioether (sulfide) groups is 1. The molecular formula is C16H25N3OS. The Balaban J connectivity index is 2.16. The van der Waals surface area contributed by atoms with E-state index in [4.69, 9.17) is 0 Å². The summed E-state index contributed by atoms with van der Waals surface area (Å²) < 4.78 is 0. The Kier molecular flexibility index (Phi) is 5.51. The van der Waals surface area contributed by atoms with Crippen LogP contribution in [0.4, 0.5) is 5.82 Å². The van der Waals surface area contributed by atoms with Crippen LogP contribution in [0, 0.1) is 0 Å². The Bertz CT molecular complexity index is 504. The lowest BCUT2D eigenvalue weighted by molar-refractivity contribution is 0.0938. The second-order valence-corrected chi connectivity index (χ2v) is 6.93. The van der Waals surface area contributed by atoms with Crippen LogP contribution in [0.15, 0.2) is 12.1 Å². The lowest BCUT2D eigenvalue weighted by Crippen LogP contribution is -2.38. The summed E-state index contributed by atoms with van der Waals surface area (Å²) >= 11 is 1.85. The van der Waals surface area contributed by atoms with Gasteiger partial charge >= 0.3 is 0 Å². The number of anilines is 1. The summed E-state index contributed by atoms with van der Waals surface area (Å²) in [5, 5.41) is 6.78. The van der Waals surface area contributed by atoms with E-state index in [1.54, 1.807) is 0 Å². The molecule has 1 heterocycles. The highest BCUT2D eigenvalue weighted by molar-refractivity contribution is 7.99. The predicted octanol–water partition coefficient (Wildman–Crippen LogP) is 3.26. The number of pyridine rings is 1. The van der Waals surface area contributed by atoms with E-state index in [1.807, 2.05) is 30.9 Å². The molecule has 21 heavy (non-hydrogen) atoms. The van der Waals surface area contributed by atoms with Crippen LogP contribution in [-0.2, 0) is 0 Å². The van der Waals surface area contributed by atoms with E-state index in [-0.39, 0.29) is 5.91 Å². The Labute approximate surface area is 131 Å². The van der Waals surface area contributed by atoms with E-state index in [0.717, 1.165) is 17.9 Å². The van der Waals surface area contributed by atoms with Gasteiger partial charge in [0.05, 0.1) is 0 Å². The minimum absolute atomic E-state index is 0.0155. The highest BCUT2D eigenvalue weighted by atomic mass is 32.2. The van der Waals surface area contributed by atoms with Gasteiger partial charge in [-0.15, -0.1) is 0 Å². The Morgan fingerprint density at radius 3 is 2.76 bits per heavy atom. The molecule has 0 bridgehead atoms. The van der Waals surface area contributed by atoms with Crippen LogP contribution in [0.5, 0.6) is 0 Å². The van der Waals surface area contributed by atoms with Crippen LogP contribution in [0.1, 0.15) is 55.1 Å². The number of amides is 1. The number of nitrogens with zero attached hydrogens (tertiary/aromatic N) is 1. The molecule has 1 aromatic heterocycles. The van der Waals surface area contributed by atoms with Gasteiger partial charge in [0.2, 0.25) is 0 Å². The molecule has 1 aliphatic carbocycles. The lowest BCUT2D eigenvalue weighted by Gasteiger charge is -2.19. The van der Waals surface area contributed by atoms with Gasteiger partial charge in [0.15, 0.2) is 0 Å². The minimum Gasteiger partial charge on any atom is -0.373 e. The van der Waals surface area contributed by atoms with Crippen molar-refractivity contribution in [3.63, 3.8) is 0 Å². The fraction of sp³-hybridized carbons (Fsp3) is 0.625. The first-order valence-electron chi connectivity index (χ1n) is 7.58. The second-order valence-electron chi connectivity index (χ2n) is 5.86. The fourth-order valence-corrected chi connectivity index (χ4v) is 3.67. The van der Waals surface area contributed by atoms with E-state index in [0.29, 0.717) is 22.8 Å². The van der Waals surface area contributed by atoms with Gasteiger partial charge in [-0.25, -0.2) is 4.98 Å². The molecule has 1 aromatic rings. The number of carbonyl (C=O) groups is 1. The van der Waals surface area contributed by atoms with Crippen LogP contribution in [0.2, 0.25) is 0 Å². The SMILES string of the molecule is CNc1cc(C(=O)NC2CCCC2SC)cc(C(C)C)n1. The zero-order valence-corrected chi connectivity index (χ0v) is 14.1. The summed E-state index contributed by atoms with van der Waals surface area (Å²) in [6.07, 6.45) is 5.60. The summed E-state index contributed by atoms with van der Waals surface area (Å²) in [5.41, 5.74) is 1.64. The molecule has 0 saturated heterocycles. The molecule has 116 valence electrons. The Hall–Kier alpha value is -1.23. The summed E-state index contributed by atoms with van der Waals surface area (Å²) in [5.74, 6) is 1.07. The first-order chi connectivity index (χ1) is 10.0. The van der Waals surface area contributed by atoms with Crippen LogP contribution >= 0.6 is 11.8 Å². The average Bonchev–Trinajstić information content (AvgIpc) is 2.93. The van der Waals surface area contributed by atoms with E-state index in [1.165, 1.54) is 12.8 Å². The molecular weight excluding hydrogens is 282 g/mol. The molecule has 5 heteroatoms. The van der Waals surface area contributed by atoms with Crippen molar-refractivity contribution in [2.24, 2.45) is 0 Å². The molecule has 2 rings (SSSR count). The maximum atomic E-state index is 12.5. The first kappa shape index (κ1) is 16.1. The quantitative estimate of drug-likeness (QED) is 0.876. The lowest BCUT2D eigenvalue weighted by atomic mass is 10.1. The minimum atomic E-state index is 0.0155. The van der Waals surface area contributed by atoms with Gasteiger partial charge < -0.3 is 10.6 Å². The fourth-order valence-electron chi connectivity index (χ4n) is 2.73. The average molecular weight is 307 g/mol. The normalized spacial score (nSPS) is 21.6. The van der Waals surface area contributed by atoms with Gasteiger partial charge in [0.1, 0.15) is 5.82 Å². The third-order valence-electron chi connectivity index (χ3n) is 4.03. The van der Waals surface area contributed by atoms with Gasteiger partial charge in [0, 0.05) is 29.6 Å². The number of hydrogen-bond donors (Lipinski definition) is 2. The van der Waals surface area contributed by atoms with Gasteiger partial charge in [-0.1, -0.05) is 20.3 Å². The third-order valence-corrected chi connectivity index (χ3v) is 5.20. The molecule has 0 radical (unpaired) electrons. The summed E-state index contributed by atoms with van der Waals surface area (Å²) in [7, 11) is 1.83. The molecule has 0 spiro atoms. The van der Waals surface area contributed by atoms with Crippen LogP contribution in [0.3, 0.4) is 0 Å². The smallest absolute Gasteiger partial charge is 0.251 e. The second kappa shape index (κ2) is 7.16. The number of hydrogen-bond acceptors (Lipinski definition) is 4. The predicted molar refractivity (Wildman–Crippen MR) is 90.3 cm³/mol. The van der Waals surface area contributed by atoms with Crippen molar-refractivity contribution < 1.29 is 4.79 Å². The van der Waals surface area contributed by atoms with Gasteiger partial charge in [-0.3, -0.25) is 4.79 Å². The highest BCUT2D eigenvalue weighted by Gasteiger charge is 2.28. The van der Waals surface area contributed by atoms with Crippen molar-refractivity contribution in [3.05, 3.63) is 23.4 Å².